The molecule has 1 fully saturated rings. The van der Waals surface area contributed by atoms with Gasteiger partial charge in [0.05, 0.1) is 11.5 Å². The van der Waals surface area contributed by atoms with Gasteiger partial charge in [-0.15, -0.1) is 0 Å². The Hall–Kier alpha value is -2.69. The van der Waals surface area contributed by atoms with Gasteiger partial charge in [0.1, 0.15) is 0 Å². The molecule has 140 valence electrons. The Morgan fingerprint density at radius 3 is 2.81 bits per heavy atom. The van der Waals surface area contributed by atoms with E-state index in [1.807, 2.05) is 41.3 Å². The van der Waals surface area contributed by atoms with Crippen molar-refractivity contribution in [3.8, 4) is 0 Å². The Labute approximate surface area is 159 Å². The van der Waals surface area contributed by atoms with Crippen molar-refractivity contribution in [3.05, 3.63) is 59.9 Å². The van der Waals surface area contributed by atoms with Gasteiger partial charge in [-0.25, -0.2) is 0 Å². The highest BCUT2D eigenvalue weighted by Gasteiger charge is 2.58. The first-order chi connectivity index (χ1) is 13.2. The Morgan fingerprint density at radius 2 is 2.04 bits per heavy atom. The zero-order chi connectivity index (χ0) is 18.9. The lowest BCUT2D eigenvalue weighted by Gasteiger charge is -2.34. The van der Waals surface area contributed by atoms with E-state index >= 15 is 0 Å². The van der Waals surface area contributed by atoms with Gasteiger partial charge >= 0.3 is 0 Å². The Morgan fingerprint density at radius 1 is 1.26 bits per heavy atom. The second-order valence-electron chi connectivity index (χ2n) is 7.47. The van der Waals surface area contributed by atoms with Crippen molar-refractivity contribution in [2.24, 2.45) is 0 Å². The third-order valence-corrected chi connectivity index (χ3v) is 6.01. The van der Waals surface area contributed by atoms with Crippen LogP contribution < -0.4 is 5.32 Å². The van der Waals surface area contributed by atoms with Crippen LogP contribution in [0.25, 0.3) is 0 Å². The number of hydrogen-bond acceptors (Lipinski definition) is 3. The van der Waals surface area contributed by atoms with Gasteiger partial charge in [-0.3, -0.25) is 14.6 Å². The summed E-state index contributed by atoms with van der Waals surface area (Å²) in [5.74, 6) is 0.186. The predicted octanol–water partition coefficient (Wildman–Crippen LogP) is 3.31. The molecule has 0 aliphatic carbocycles. The second kappa shape index (κ2) is 7.14. The predicted molar refractivity (Wildman–Crippen MR) is 104 cm³/mol. The lowest BCUT2D eigenvalue weighted by molar-refractivity contribution is -0.133. The summed E-state index contributed by atoms with van der Waals surface area (Å²) < 4.78 is 0. The summed E-state index contributed by atoms with van der Waals surface area (Å²) in [6, 6.07) is 11.7. The van der Waals surface area contributed by atoms with Crippen molar-refractivity contribution in [3.63, 3.8) is 0 Å². The molecular formula is C22H25N3O2. The van der Waals surface area contributed by atoms with E-state index in [4.69, 9.17) is 0 Å². The zero-order valence-corrected chi connectivity index (χ0v) is 15.6. The molecule has 0 radical (unpaired) electrons. The summed E-state index contributed by atoms with van der Waals surface area (Å²) in [5, 5.41) is 3.05. The second-order valence-corrected chi connectivity index (χ2v) is 7.47. The Bertz CT molecular complexity index is 852. The lowest BCUT2D eigenvalue weighted by Crippen LogP contribution is -2.48. The van der Waals surface area contributed by atoms with Gasteiger partial charge in [0, 0.05) is 31.0 Å². The minimum atomic E-state index is -0.598. The molecule has 2 aromatic rings. The molecule has 1 aromatic heterocycles. The van der Waals surface area contributed by atoms with Crippen molar-refractivity contribution in [1.82, 2.24) is 9.88 Å². The van der Waals surface area contributed by atoms with E-state index in [1.165, 1.54) is 0 Å². The number of aromatic nitrogens is 1. The van der Waals surface area contributed by atoms with Crippen LogP contribution in [-0.4, -0.2) is 34.3 Å². The molecule has 0 saturated carbocycles. The van der Waals surface area contributed by atoms with Crippen LogP contribution in [0.1, 0.15) is 43.7 Å². The van der Waals surface area contributed by atoms with Crippen LogP contribution in [-0.2, 0) is 21.4 Å². The van der Waals surface area contributed by atoms with E-state index in [9.17, 15) is 9.59 Å². The van der Waals surface area contributed by atoms with Crippen LogP contribution >= 0.6 is 0 Å². The highest BCUT2D eigenvalue weighted by atomic mass is 16.2. The molecule has 0 bridgehead atoms. The van der Waals surface area contributed by atoms with Gasteiger partial charge < -0.3 is 10.2 Å². The maximum Gasteiger partial charge on any atom is 0.237 e. The number of amides is 2. The van der Waals surface area contributed by atoms with E-state index in [0.29, 0.717) is 25.8 Å². The minimum absolute atomic E-state index is 0.0478. The monoisotopic (exact) mass is 363 g/mol. The summed E-state index contributed by atoms with van der Waals surface area (Å²) in [4.78, 5) is 32.1. The molecule has 2 aliphatic rings. The van der Waals surface area contributed by atoms with Gasteiger partial charge in [-0.2, -0.15) is 0 Å². The van der Waals surface area contributed by atoms with E-state index < -0.39 is 5.41 Å². The van der Waals surface area contributed by atoms with Gasteiger partial charge in [0.2, 0.25) is 11.8 Å². The number of fused-ring (bicyclic) bond motifs is 2. The molecule has 27 heavy (non-hydrogen) atoms. The number of rotatable bonds is 5. The van der Waals surface area contributed by atoms with Gasteiger partial charge in [-0.05, 0) is 48.6 Å². The smallest absolute Gasteiger partial charge is 0.237 e. The van der Waals surface area contributed by atoms with Crippen molar-refractivity contribution in [2.75, 3.05) is 11.9 Å². The molecule has 1 aromatic carbocycles. The van der Waals surface area contributed by atoms with Crippen LogP contribution in [0.15, 0.2) is 48.8 Å². The first-order valence-electron chi connectivity index (χ1n) is 9.76. The Balaban J connectivity index is 1.58. The highest BCUT2D eigenvalue weighted by molar-refractivity contribution is 6.07. The SMILES string of the molecule is CCC[C@@H]1N(C(=O)CCc2ccncc2)CC[C@]12C(=O)Nc1ccccc12. The van der Waals surface area contributed by atoms with Crippen LogP contribution in [0, 0.1) is 0 Å². The summed E-state index contributed by atoms with van der Waals surface area (Å²) in [5.41, 5.74) is 2.47. The summed E-state index contributed by atoms with van der Waals surface area (Å²) >= 11 is 0. The maximum absolute atomic E-state index is 13.0. The van der Waals surface area contributed by atoms with Gasteiger partial charge in [-0.1, -0.05) is 31.5 Å². The number of anilines is 1. The molecule has 1 N–H and O–H groups in total. The lowest BCUT2D eigenvalue weighted by atomic mass is 9.73. The number of likely N-dealkylation sites (tertiary alicyclic amines) is 1. The van der Waals surface area contributed by atoms with Crippen LogP contribution in [0.4, 0.5) is 5.69 Å². The number of pyridine rings is 1. The molecule has 1 spiro atoms. The van der Waals surface area contributed by atoms with Crippen LogP contribution in [0.2, 0.25) is 0 Å². The average molecular weight is 363 g/mol. The van der Waals surface area contributed by atoms with Crippen LogP contribution in [0.5, 0.6) is 0 Å². The molecule has 0 unspecified atom stereocenters. The third kappa shape index (κ3) is 2.91. The summed E-state index contributed by atoms with van der Waals surface area (Å²) in [6.07, 6.45) is 7.14. The van der Waals surface area contributed by atoms with Crippen molar-refractivity contribution < 1.29 is 9.59 Å². The van der Waals surface area contributed by atoms with Gasteiger partial charge in [0.15, 0.2) is 0 Å². The average Bonchev–Trinajstić information content (AvgIpc) is 3.21. The number of nitrogens with one attached hydrogen (secondary N) is 1. The molecule has 3 heterocycles. The van der Waals surface area contributed by atoms with Crippen molar-refractivity contribution in [2.45, 2.75) is 50.5 Å². The molecule has 2 aliphatic heterocycles. The van der Waals surface area contributed by atoms with Crippen molar-refractivity contribution >= 4 is 17.5 Å². The largest absolute Gasteiger partial charge is 0.338 e. The van der Waals surface area contributed by atoms with E-state index in [2.05, 4.69) is 17.2 Å². The fourth-order valence-corrected chi connectivity index (χ4v) is 4.72. The number of nitrogens with zero attached hydrogens (tertiary/aromatic N) is 2. The first-order valence-corrected chi connectivity index (χ1v) is 9.76. The van der Waals surface area contributed by atoms with E-state index in [-0.39, 0.29) is 17.9 Å². The molecule has 5 heteroatoms. The quantitative estimate of drug-likeness (QED) is 0.886. The van der Waals surface area contributed by atoms with Crippen LogP contribution in [0.3, 0.4) is 0 Å². The fourth-order valence-electron chi connectivity index (χ4n) is 4.72. The fraction of sp³-hybridized carbons (Fsp3) is 0.409. The number of hydrogen-bond donors (Lipinski definition) is 1. The maximum atomic E-state index is 13.0. The topological polar surface area (TPSA) is 62.3 Å². The zero-order valence-electron chi connectivity index (χ0n) is 15.6. The standard InChI is InChI=1S/C22H25N3O2/c1-2-5-19-22(17-6-3-4-7-18(17)24-21(22)27)12-15-25(19)20(26)9-8-16-10-13-23-14-11-16/h3-4,6-7,10-11,13-14,19H,2,5,8-9,12,15H2,1H3,(H,24,27)/t19-,22+/m0/s1. The van der Waals surface area contributed by atoms with Crippen molar-refractivity contribution in [1.29, 1.82) is 0 Å². The molecule has 4 rings (SSSR count). The molecular weight excluding hydrogens is 338 g/mol. The third-order valence-electron chi connectivity index (χ3n) is 6.01. The number of carbonyl (C=O) groups is 2. The number of benzene rings is 1. The minimum Gasteiger partial charge on any atom is -0.338 e. The normalized spacial score (nSPS) is 23.5. The molecule has 5 nitrogen and oxygen atoms in total. The number of aryl methyl sites for hydroxylation is 1. The number of carbonyl (C=O) groups excluding carboxylic acids is 2. The highest BCUT2D eigenvalue weighted by Crippen LogP contribution is 2.49. The van der Waals surface area contributed by atoms with E-state index in [0.717, 1.165) is 29.7 Å². The number of para-hydroxylation sites is 1. The Kier molecular flexibility index (Phi) is 4.68. The molecule has 2 amide bonds. The first kappa shape index (κ1) is 17.7. The summed E-state index contributed by atoms with van der Waals surface area (Å²) in [7, 11) is 0. The molecule has 2 atom stereocenters. The molecule has 1 saturated heterocycles. The summed E-state index contributed by atoms with van der Waals surface area (Å²) in [6.45, 7) is 2.76. The van der Waals surface area contributed by atoms with Gasteiger partial charge in [0.25, 0.3) is 0 Å². The van der Waals surface area contributed by atoms with E-state index in [1.54, 1.807) is 12.4 Å².